The first-order valence-corrected chi connectivity index (χ1v) is 11.8. The molecule has 0 saturated carbocycles. The van der Waals surface area contributed by atoms with Gasteiger partial charge in [0, 0.05) is 24.0 Å². The summed E-state index contributed by atoms with van der Waals surface area (Å²) in [5, 5.41) is 10.8. The Morgan fingerprint density at radius 3 is 2.89 bits per heavy atom. The van der Waals surface area contributed by atoms with Gasteiger partial charge in [-0.1, -0.05) is 36.9 Å². The van der Waals surface area contributed by atoms with E-state index in [-0.39, 0.29) is 17.2 Å². The number of allylic oxidation sites excluding steroid dienone is 1. The molecule has 1 aromatic rings. The predicted octanol–water partition coefficient (Wildman–Crippen LogP) is 3.36. The number of para-hydroxylation sites is 1. The average molecular weight is 421 g/mol. The molecule has 0 aromatic heterocycles. The standard InChI is InChI=1S/C21H28N2O3S2/c1-3-17(24)18-19(25)23-14(2)21(28-20(18)23)27-16-9-10-22(13-16)11-12-26-15-7-5-4-6-8-15/h4-8,16-18,20,24H,3,9-13H2,1-2H3/t16-,17-,18+,20+/m0/s1. The predicted molar refractivity (Wildman–Crippen MR) is 115 cm³/mol. The molecule has 1 N–H and O–H groups in total. The molecule has 4 rings (SSSR count). The van der Waals surface area contributed by atoms with Crippen molar-refractivity contribution >= 4 is 29.4 Å². The molecule has 0 spiro atoms. The first kappa shape index (κ1) is 20.1. The highest BCUT2D eigenvalue weighted by molar-refractivity contribution is 8.23. The highest BCUT2D eigenvalue weighted by Gasteiger charge is 2.55. The number of aliphatic hydroxyl groups excluding tert-OH is 1. The zero-order valence-corrected chi connectivity index (χ0v) is 18.0. The van der Waals surface area contributed by atoms with Crippen LogP contribution in [0.25, 0.3) is 0 Å². The van der Waals surface area contributed by atoms with E-state index >= 15 is 0 Å². The number of rotatable bonds is 8. The van der Waals surface area contributed by atoms with E-state index < -0.39 is 6.10 Å². The van der Waals surface area contributed by atoms with E-state index in [2.05, 4.69) is 4.90 Å². The molecule has 3 aliphatic rings. The van der Waals surface area contributed by atoms with Gasteiger partial charge in [0.05, 0.1) is 16.3 Å². The van der Waals surface area contributed by atoms with Crippen molar-refractivity contribution in [1.82, 2.24) is 9.80 Å². The number of hydrogen-bond donors (Lipinski definition) is 1. The highest BCUT2D eigenvalue weighted by Crippen LogP contribution is 2.55. The van der Waals surface area contributed by atoms with E-state index in [1.54, 1.807) is 11.8 Å². The van der Waals surface area contributed by atoms with E-state index in [0.29, 0.717) is 18.3 Å². The zero-order valence-electron chi connectivity index (χ0n) is 16.4. The minimum atomic E-state index is -0.523. The Morgan fingerprint density at radius 2 is 2.14 bits per heavy atom. The van der Waals surface area contributed by atoms with Gasteiger partial charge in [-0.05, 0) is 38.4 Å². The molecule has 2 saturated heterocycles. The number of fused-ring (bicyclic) bond motifs is 1. The van der Waals surface area contributed by atoms with Crippen molar-refractivity contribution < 1.29 is 14.6 Å². The topological polar surface area (TPSA) is 53.0 Å². The van der Waals surface area contributed by atoms with Crippen molar-refractivity contribution in [2.75, 3.05) is 26.2 Å². The molecule has 1 amide bonds. The maximum atomic E-state index is 12.4. The smallest absolute Gasteiger partial charge is 0.236 e. The first-order chi connectivity index (χ1) is 13.6. The van der Waals surface area contributed by atoms with Crippen molar-refractivity contribution in [3.63, 3.8) is 0 Å². The summed E-state index contributed by atoms with van der Waals surface area (Å²) < 4.78 is 7.08. The van der Waals surface area contributed by atoms with Crippen LogP contribution < -0.4 is 4.74 Å². The van der Waals surface area contributed by atoms with Gasteiger partial charge in [-0.2, -0.15) is 0 Å². The van der Waals surface area contributed by atoms with Crippen LogP contribution in [-0.4, -0.2) is 63.8 Å². The van der Waals surface area contributed by atoms with E-state index in [0.717, 1.165) is 37.5 Å². The van der Waals surface area contributed by atoms with Crippen LogP contribution >= 0.6 is 23.5 Å². The average Bonchev–Trinajstić information content (AvgIpc) is 3.25. The molecule has 0 unspecified atom stereocenters. The Hall–Kier alpha value is -1.15. The zero-order chi connectivity index (χ0) is 19.7. The molecule has 3 aliphatic heterocycles. The van der Waals surface area contributed by atoms with Gasteiger partial charge in [0.15, 0.2) is 0 Å². The van der Waals surface area contributed by atoms with Gasteiger partial charge in [-0.3, -0.25) is 9.69 Å². The molecule has 7 heteroatoms. The van der Waals surface area contributed by atoms with Crippen LogP contribution in [0.4, 0.5) is 0 Å². The van der Waals surface area contributed by atoms with Gasteiger partial charge in [0.1, 0.15) is 17.7 Å². The number of thioether (sulfide) groups is 2. The van der Waals surface area contributed by atoms with Gasteiger partial charge in [-0.25, -0.2) is 0 Å². The van der Waals surface area contributed by atoms with E-state index in [9.17, 15) is 9.90 Å². The highest BCUT2D eigenvalue weighted by atomic mass is 32.2. The Bertz CT molecular complexity index is 742. The summed E-state index contributed by atoms with van der Waals surface area (Å²) in [6.45, 7) is 7.77. The van der Waals surface area contributed by atoms with Gasteiger partial charge in [0.2, 0.25) is 5.91 Å². The monoisotopic (exact) mass is 420 g/mol. The molecule has 2 fully saturated rings. The number of carbonyl (C=O) groups is 1. The summed E-state index contributed by atoms with van der Waals surface area (Å²) in [6, 6.07) is 9.95. The van der Waals surface area contributed by atoms with Crippen LogP contribution in [0, 0.1) is 5.92 Å². The third kappa shape index (κ3) is 3.95. The second kappa shape index (κ2) is 8.69. The molecule has 0 aliphatic carbocycles. The van der Waals surface area contributed by atoms with Crippen LogP contribution in [0.15, 0.2) is 40.3 Å². The number of nitrogens with zero attached hydrogens (tertiary/aromatic N) is 2. The molecule has 3 heterocycles. The third-order valence-electron chi connectivity index (χ3n) is 5.72. The Balaban J connectivity index is 1.24. The summed E-state index contributed by atoms with van der Waals surface area (Å²) >= 11 is 3.68. The van der Waals surface area contributed by atoms with Crippen LogP contribution in [0.3, 0.4) is 0 Å². The van der Waals surface area contributed by atoms with Gasteiger partial charge < -0.3 is 14.7 Å². The minimum Gasteiger partial charge on any atom is -0.492 e. The number of ether oxygens (including phenoxy) is 1. The maximum absolute atomic E-state index is 12.4. The lowest BCUT2D eigenvalue weighted by molar-refractivity contribution is -0.153. The van der Waals surface area contributed by atoms with Crippen LogP contribution in [0.5, 0.6) is 5.75 Å². The second-order valence-corrected chi connectivity index (χ2v) is 10.3. The summed E-state index contributed by atoms with van der Waals surface area (Å²) in [4.78, 5) is 16.8. The SMILES string of the molecule is CC[C@H](O)[C@@H]1C(=O)N2C(C)=C(S[C@H]3CCN(CCOc4ccccc4)C3)S[C@H]12. The lowest BCUT2D eigenvalue weighted by Crippen LogP contribution is -2.60. The van der Waals surface area contributed by atoms with Crippen molar-refractivity contribution in [3.05, 3.63) is 40.3 Å². The fraction of sp³-hybridized carbons (Fsp3) is 0.571. The normalized spacial score (nSPS) is 28.5. The van der Waals surface area contributed by atoms with E-state index in [1.807, 2.05) is 60.8 Å². The van der Waals surface area contributed by atoms with Gasteiger partial charge in [0.25, 0.3) is 0 Å². The number of β-lactam (4-membered cyclic amide) rings is 1. The number of likely N-dealkylation sites (tertiary alicyclic amines) is 1. The molecule has 5 nitrogen and oxygen atoms in total. The number of carbonyl (C=O) groups excluding carboxylic acids is 1. The fourth-order valence-electron chi connectivity index (χ4n) is 4.04. The number of benzene rings is 1. The van der Waals surface area contributed by atoms with E-state index in [1.165, 1.54) is 4.24 Å². The Labute approximate surface area is 175 Å². The van der Waals surface area contributed by atoms with Crippen molar-refractivity contribution in [2.45, 2.75) is 43.4 Å². The summed E-state index contributed by atoms with van der Waals surface area (Å²) in [7, 11) is 0. The first-order valence-electron chi connectivity index (χ1n) is 10.0. The summed E-state index contributed by atoms with van der Waals surface area (Å²) in [5.74, 6) is 0.776. The van der Waals surface area contributed by atoms with Crippen molar-refractivity contribution in [2.24, 2.45) is 5.92 Å². The quantitative estimate of drug-likeness (QED) is 0.651. The van der Waals surface area contributed by atoms with E-state index in [4.69, 9.17) is 4.74 Å². The minimum absolute atomic E-state index is 0.0889. The molecule has 0 radical (unpaired) electrons. The van der Waals surface area contributed by atoms with Crippen molar-refractivity contribution in [3.8, 4) is 5.75 Å². The summed E-state index contributed by atoms with van der Waals surface area (Å²) in [6.07, 6.45) is 1.27. The summed E-state index contributed by atoms with van der Waals surface area (Å²) in [5.41, 5.74) is 1.08. The molecule has 1 aromatic carbocycles. The molecule has 0 bridgehead atoms. The van der Waals surface area contributed by atoms with Gasteiger partial charge in [-0.15, -0.1) is 11.8 Å². The second-order valence-electron chi connectivity index (χ2n) is 7.58. The van der Waals surface area contributed by atoms with Crippen LogP contribution in [-0.2, 0) is 4.79 Å². The molecule has 28 heavy (non-hydrogen) atoms. The van der Waals surface area contributed by atoms with Crippen LogP contribution in [0.1, 0.15) is 26.7 Å². The molecule has 152 valence electrons. The largest absolute Gasteiger partial charge is 0.492 e. The van der Waals surface area contributed by atoms with Crippen LogP contribution in [0.2, 0.25) is 0 Å². The molecule has 4 atom stereocenters. The van der Waals surface area contributed by atoms with Crippen molar-refractivity contribution in [1.29, 1.82) is 0 Å². The lowest BCUT2D eigenvalue weighted by Gasteiger charge is -2.44. The lowest BCUT2D eigenvalue weighted by atomic mass is 9.90. The molecular weight excluding hydrogens is 392 g/mol. The Kier molecular flexibility index (Phi) is 6.25. The number of hydrogen-bond acceptors (Lipinski definition) is 6. The maximum Gasteiger partial charge on any atom is 0.236 e. The Morgan fingerprint density at radius 1 is 1.36 bits per heavy atom. The number of aliphatic hydroxyl groups is 1. The fourth-order valence-corrected chi connectivity index (χ4v) is 7.35. The van der Waals surface area contributed by atoms with Gasteiger partial charge >= 0.3 is 0 Å². The third-order valence-corrected chi connectivity index (χ3v) is 8.78. The number of amides is 1. The molecular formula is C21H28N2O3S2.